The molecule has 1 amide bonds. The molecular weight excluding hydrogens is 276 g/mol. The minimum Gasteiger partial charge on any atom is -0.467 e. The van der Waals surface area contributed by atoms with Gasteiger partial charge >= 0.3 is 0 Å². The molecule has 2 rings (SSSR count). The monoisotopic (exact) mass is 294 g/mol. The number of hydrogen-bond donors (Lipinski definition) is 1. The van der Waals surface area contributed by atoms with Crippen LogP contribution in [0, 0.1) is 0 Å². The molecule has 2 aromatic heterocycles. The molecule has 0 saturated heterocycles. The van der Waals surface area contributed by atoms with Crippen LogP contribution in [0.1, 0.15) is 38.3 Å². The van der Waals surface area contributed by atoms with Crippen molar-refractivity contribution in [2.45, 2.75) is 43.6 Å². The van der Waals surface area contributed by atoms with E-state index in [4.69, 9.17) is 10.2 Å². The molecule has 2 heterocycles. The van der Waals surface area contributed by atoms with Gasteiger partial charge in [0, 0.05) is 5.92 Å². The number of carbonyl (C=O) groups is 1. The van der Waals surface area contributed by atoms with E-state index in [1.807, 2.05) is 16.7 Å². The fraction of sp³-hybridized carbons (Fsp3) is 0.462. The smallest absolute Gasteiger partial charge is 0.230 e. The molecular formula is C13H18N4O2S. The Morgan fingerprint density at radius 1 is 1.45 bits per heavy atom. The van der Waals surface area contributed by atoms with E-state index in [1.165, 1.54) is 11.8 Å². The predicted octanol–water partition coefficient (Wildman–Crippen LogP) is 2.01. The Morgan fingerprint density at radius 2 is 2.20 bits per heavy atom. The molecule has 0 aliphatic carbocycles. The van der Waals surface area contributed by atoms with Gasteiger partial charge in [-0.15, -0.1) is 10.2 Å². The fourth-order valence-electron chi connectivity index (χ4n) is 1.74. The molecule has 0 radical (unpaired) electrons. The Bertz CT molecular complexity index is 577. The third-order valence-corrected chi connectivity index (χ3v) is 3.94. The minimum absolute atomic E-state index is 0.232. The van der Waals surface area contributed by atoms with Gasteiger partial charge in [0.15, 0.2) is 5.16 Å². The molecule has 108 valence electrons. The summed E-state index contributed by atoms with van der Waals surface area (Å²) in [5, 5.41) is 8.70. The lowest BCUT2D eigenvalue weighted by molar-refractivity contribution is -0.117. The van der Waals surface area contributed by atoms with Crippen LogP contribution < -0.4 is 5.73 Å². The summed E-state index contributed by atoms with van der Waals surface area (Å²) in [5.41, 5.74) is 5.30. The molecule has 6 nitrogen and oxygen atoms in total. The summed E-state index contributed by atoms with van der Waals surface area (Å²) in [6.07, 6.45) is 1.63. The largest absolute Gasteiger partial charge is 0.467 e. The molecule has 0 aliphatic rings. The third kappa shape index (κ3) is 3.22. The molecule has 7 heteroatoms. The summed E-state index contributed by atoms with van der Waals surface area (Å²) < 4.78 is 7.34. The zero-order chi connectivity index (χ0) is 14.7. The van der Waals surface area contributed by atoms with Gasteiger partial charge in [-0.1, -0.05) is 25.6 Å². The number of rotatable bonds is 6. The Morgan fingerprint density at radius 3 is 2.75 bits per heavy atom. The van der Waals surface area contributed by atoms with Crippen LogP contribution in [-0.4, -0.2) is 25.9 Å². The van der Waals surface area contributed by atoms with Crippen molar-refractivity contribution in [1.29, 1.82) is 0 Å². The van der Waals surface area contributed by atoms with E-state index in [0.717, 1.165) is 11.6 Å². The number of carbonyl (C=O) groups excluding carboxylic acids is 1. The maximum absolute atomic E-state index is 11.2. The van der Waals surface area contributed by atoms with Crippen molar-refractivity contribution >= 4 is 17.7 Å². The van der Waals surface area contributed by atoms with Gasteiger partial charge in [-0.2, -0.15) is 0 Å². The minimum atomic E-state index is -0.367. The van der Waals surface area contributed by atoms with Crippen molar-refractivity contribution in [1.82, 2.24) is 14.8 Å². The van der Waals surface area contributed by atoms with Crippen molar-refractivity contribution in [3.63, 3.8) is 0 Å². The number of amides is 1. The molecule has 1 atom stereocenters. The molecule has 2 N–H and O–H groups in total. The number of primary amides is 1. The van der Waals surface area contributed by atoms with Crippen molar-refractivity contribution in [3.8, 4) is 0 Å². The molecule has 0 saturated carbocycles. The van der Waals surface area contributed by atoms with Gasteiger partial charge in [0.1, 0.15) is 11.6 Å². The van der Waals surface area contributed by atoms with E-state index < -0.39 is 0 Å². The Balaban J connectivity index is 2.29. The Hall–Kier alpha value is -1.76. The number of nitrogens with zero attached hydrogens (tertiary/aromatic N) is 3. The van der Waals surface area contributed by atoms with E-state index in [9.17, 15) is 4.79 Å². The Labute approximate surface area is 121 Å². The van der Waals surface area contributed by atoms with Crippen molar-refractivity contribution in [2.24, 2.45) is 5.73 Å². The summed E-state index contributed by atoms with van der Waals surface area (Å²) in [6, 6.07) is 3.74. The molecule has 0 fully saturated rings. The van der Waals surface area contributed by atoms with E-state index in [1.54, 1.807) is 13.2 Å². The molecule has 0 aliphatic heterocycles. The van der Waals surface area contributed by atoms with Gasteiger partial charge < -0.3 is 10.2 Å². The molecule has 0 bridgehead atoms. The first kappa shape index (κ1) is 14.6. The average molecular weight is 294 g/mol. The van der Waals surface area contributed by atoms with Gasteiger partial charge in [-0.25, -0.2) is 0 Å². The van der Waals surface area contributed by atoms with Crippen LogP contribution in [0.2, 0.25) is 0 Å². The highest BCUT2D eigenvalue weighted by atomic mass is 32.2. The number of nitrogens with two attached hydrogens (primary N) is 1. The van der Waals surface area contributed by atoms with E-state index >= 15 is 0 Å². The molecule has 0 aromatic carbocycles. The number of furan rings is 1. The standard InChI is InChI=1S/C13H18N4O2S/c1-8(2)12-15-16-13(20-9(3)11(14)18)17(12)7-10-5-4-6-19-10/h4-6,8-9H,7H2,1-3H3,(H2,14,18)/t9-/m1/s1. The number of aromatic nitrogens is 3. The highest BCUT2D eigenvalue weighted by molar-refractivity contribution is 8.00. The summed E-state index contributed by atoms with van der Waals surface area (Å²) in [7, 11) is 0. The zero-order valence-corrected chi connectivity index (χ0v) is 12.6. The van der Waals surface area contributed by atoms with Crippen LogP contribution in [0.15, 0.2) is 28.0 Å². The maximum Gasteiger partial charge on any atom is 0.230 e. The quantitative estimate of drug-likeness (QED) is 0.823. The van der Waals surface area contributed by atoms with Crippen LogP contribution in [0.4, 0.5) is 0 Å². The van der Waals surface area contributed by atoms with Gasteiger partial charge in [-0.3, -0.25) is 9.36 Å². The highest BCUT2D eigenvalue weighted by Crippen LogP contribution is 2.25. The normalized spacial score (nSPS) is 12.8. The SMILES string of the molecule is CC(C)c1nnc(S[C@H](C)C(N)=O)n1Cc1ccco1. The van der Waals surface area contributed by atoms with E-state index in [0.29, 0.717) is 11.7 Å². The number of hydrogen-bond acceptors (Lipinski definition) is 5. The van der Waals surface area contributed by atoms with E-state index in [-0.39, 0.29) is 17.1 Å². The lowest BCUT2D eigenvalue weighted by Gasteiger charge is -2.12. The summed E-state index contributed by atoms with van der Waals surface area (Å²) >= 11 is 1.31. The topological polar surface area (TPSA) is 86.9 Å². The van der Waals surface area contributed by atoms with Crippen molar-refractivity contribution < 1.29 is 9.21 Å². The summed E-state index contributed by atoms with van der Waals surface area (Å²) in [4.78, 5) is 11.2. The first-order chi connectivity index (χ1) is 9.49. The zero-order valence-electron chi connectivity index (χ0n) is 11.7. The lowest BCUT2D eigenvalue weighted by atomic mass is 10.2. The van der Waals surface area contributed by atoms with Gasteiger partial charge in [-0.05, 0) is 19.1 Å². The first-order valence-corrected chi connectivity index (χ1v) is 7.28. The van der Waals surface area contributed by atoms with Crippen LogP contribution in [0.25, 0.3) is 0 Å². The molecule has 2 aromatic rings. The first-order valence-electron chi connectivity index (χ1n) is 6.40. The average Bonchev–Trinajstić information content (AvgIpc) is 3.00. The van der Waals surface area contributed by atoms with Gasteiger partial charge in [0.05, 0.1) is 18.1 Å². The van der Waals surface area contributed by atoms with Crippen molar-refractivity contribution in [3.05, 3.63) is 30.0 Å². The second kappa shape index (κ2) is 6.13. The fourth-order valence-corrected chi connectivity index (χ4v) is 2.54. The van der Waals surface area contributed by atoms with Crippen LogP contribution >= 0.6 is 11.8 Å². The lowest BCUT2D eigenvalue weighted by Crippen LogP contribution is -2.23. The molecule has 0 unspecified atom stereocenters. The Kier molecular flexibility index (Phi) is 4.49. The highest BCUT2D eigenvalue weighted by Gasteiger charge is 2.20. The van der Waals surface area contributed by atoms with E-state index in [2.05, 4.69) is 24.0 Å². The number of thioether (sulfide) groups is 1. The second-order valence-electron chi connectivity index (χ2n) is 4.82. The summed E-state index contributed by atoms with van der Waals surface area (Å²) in [5.74, 6) is 1.55. The second-order valence-corrected chi connectivity index (χ2v) is 6.13. The molecule has 0 spiro atoms. The predicted molar refractivity (Wildman–Crippen MR) is 76.4 cm³/mol. The van der Waals surface area contributed by atoms with Crippen LogP contribution in [-0.2, 0) is 11.3 Å². The van der Waals surface area contributed by atoms with Gasteiger partial charge in [0.25, 0.3) is 0 Å². The summed E-state index contributed by atoms with van der Waals surface area (Å²) in [6.45, 7) is 6.40. The maximum atomic E-state index is 11.2. The third-order valence-electron chi connectivity index (χ3n) is 2.84. The van der Waals surface area contributed by atoms with Crippen LogP contribution in [0.5, 0.6) is 0 Å². The van der Waals surface area contributed by atoms with Crippen molar-refractivity contribution in [2.75, 3.05) is 0 Å². The molecule has 20 heavy (non-hydrogen) atoms. The van der Waals surface area contributed by atoms with Crippen LogP contribution in [0.3, 0.4) is 0 Å². The van der Waals surface area contributed by atoms with Gasteiger partial charge in [0.2, 0.25) is 5.91 Å².